The first-order valence-corrected chi connectivity index (χ1v) is 7.49. The highest BCUT2D eigenvalue weighted by Crippen LogP contribution is 2.12. The van der Waals surface area contributed by atoms with Crippen LogP contribution in [-0.4, -0.2) is 56.1 Å². The van der Waals surface area contributed by atoms with Gasteiger partial charge in [-0.25, -0.2) is 8.42 Å². The van der Waals surface area contributed by atoms with Crippen molar-refractivity contribution in [3.63, 3.8) is 0 Å². The van der Waals surface area contributed by atoms with Gasteiger partial charge in [-0.15, -0.1) is 0 Å². The Morgan fingerprint density at radius 1 is 1.27 bits per heavy atom. The van der Waals surface area contributed by atoms with Gasteiger partial charge in [-0.1, -0.05) is 20.8 Å². The normalized spacial score (nSPS) is 24.5. The first kappa shape index (κ1) is 14.9. The number of nitrogens with zero attached hydrogens (tertiary/aromatic N) is 2. The Balaban J connectivity index is 0.000000921. The molecule has 1 aliphatic rings. The van der Waals surface area contributed by atoms with Crippen LogP contribution in [0.15, 0.2) is 0 Å². The van der Waals surface area contributed by atoms with Crippen LogP contribution >= 0.6 is 0 Å². The Bertz CT molecular complexity index is 265. The van der Waals surface area contributed by atoms with Crippen LogP contribution < -0.4 is 0 Å². The summed E-state index contributed by atoms with van der Waals surface area (Å²) in [4.78, 5) is 2.27. The molecule has 5 heteroatoms. The summed E-state index contributed by atoms with van der Waals surface area (Å²) >= 11 is 0. The average molecular weight is 236 g/mol. The first-order chi connectivity index (χ1) is 6.95. The fourth-order valence-electron chi connectivity index (χ4n) is 1.80. The van der Waals surface area contributed by atoms with Crippen molar-refractivity contribution in [2.75, 3.05) is 32.4 Å². The van der Waals surface area contributed by atoms with E-state index >= 15 is 0 Å². The molecule has 1 saturated heterocycles. The lowest BCUT2D eigenvalue weighted by molar-refractivity contribution is 0.150. The number of hydrogen-bond donors (Lipinski definition) is 0. The SMILES string of the molecule is CC.CCN1CCN(S(C)(=O)=O)C(C)C1. The molecule has 1 aliphatic heterocycles. The van der Waals surface area contributed by atoms with Crippen LogP contribution in [-0.2, 0) is 10.0 Å². The van der Waals surface area contributed by atoms with Crippen molar-refractivity contribution in [3.8, 4) is 0 Å². The van der Waals surface area contributed by atoms with Gasteiger partial charge in [0.05, 0.1) is 6.26 Å². The Hall–Kier alpha value is -0.130. The van der Waals surface area contributed by atoms with Crippen molar-refractivity contribution in [1.82, 2.24) is 9.21 Å². The van der Waals surface area contributed by atoms with E-state index in [1.54, 1.807) is 4.31 Å². The second-order valence-corrected chi connectivity index (χ2v) is 5.55. The number of rotatable bonds is 2. The van der Waals surface area contributed by atoms with Gasteiger partial charge in [0, 0.05) is 25.7 Å². The predicted octanol–water partition coefficient (Wildman–Crippen LogP) is 0.998. The van der Waals surface area contributed by atoms with Crippen LogP contribution in [0.25, 0.3) is 0 Å². The van der Waals surface area contributed by atoms with E-state index in [2.05, 4.69) is 11.8 Å². The van der Waals surface area contributed by atoms with E-state index in [1.165, 1.54) is 6.26 Å². The molecule has 92 valence electrons. The van der Waals surface area contributed by atoms with Gasteiger partial charge in [-0.2, -0.15) is 4.31 Å². The van der Waals surface area contributed by atoms with Crippen molar-refractivity contribution in [1.29, 1.82) is 0 Å². The molecular weight excluding hydrogens is 212 g/mol. The highest BCUT2D eigenvalue weighted by atomic mass is 32.2. The molecule has 0 bridgehead atoms. The van der Waals surface area contributed by atoms with E-state index in [4.69, 9.17) is 0 Å². The van der Waals surface area contributed by atoms with Crippen LogP contribution in [0, 0.1) is 0 Å². The average Bonchev–Trinajstić information content (AvgIpc) is 2.18. The van der Waals surface area contributed by atoms with Gasteiger partial charge < -0.3 is 4.90 Å². The Morgan fingerprint density at radius 3 is 2.13 bits per heavy atom. The van der Waals surface area contributed by atoms with Crippen LogP contribution in [0.2, 0.25) is 0 Å². The molecule has 1 fully saturated rings. The monoisotopic (exact) mass is 236 g/mol. The molecule has 1 rings (SSSR count). The molecule has 0 saturated carbocycles. The molecular formula is C10H24N2O2S. The standard InChI is InChI=1S/C8H18N2O2S.C2H6/c1-4-9-5-6-10(8(2)7-9)13(3,11)12;1-2/h8H,4-7H2,1-3H3;1-2H3. The number of likely N-dealkylation sites (N-methyl/N-ethyl adjacent to an activating group) is 1. The van der Waals surface area contributed by atoms with Gasteiger partial charge in [0.15, 0.2) is 0 Å². The van der Waals surface area contributed by atoms with E-state index in [-0.39, 0.29) is 6.04 Å². The topological polar surface area (TPSA) is 40.6 Å². The third kappa shape index (κ3) is 4.49. The van der Waals surface area contributed by atoms with Gasteiger partial charge in [-0.3, -0.25) is 0 Å². The van der Waals surface area contributed by atoms with Gasteiger partial charge in [-0.05, 0) is 13.5 Å². The minimum Gasteiger partial charge on any atom is -0.301 e. The van der Waals surface area contributed by atoms with Crippen molar-refractivity contribution in [2.45, 2.75) is 33.7 Å². The quantitative estimate of drug-likeness (QED) is 0.718. The second kappa shape index (κ2) is 6.45. The molecule has 0 amide bonds. The molecule has 0 spiro atoms. The third-order valence-corrected chi connectivity index (χ3v) is 3.92. The van der Waals surface area contributed by atoms with Gasteiger partial charge >= 0.3 is 0 Å². The fraction of sp³-hybridized carbons (Fsp3) is 1.00. The first-order valence-electron chi connectivity index (χ1n) is 5.64. The molecule has 1 unspecified atom stereocenters. The molecule has 0 N–H and O–H groups in total. The van der Waals surface area contributed by atoms with E-state index in [9.17, 15) is 8.42 Å². The zero-order chi connectivity index (χ0) is 12.1. The molecule has 1 atom stereocenters. The summed E-state index contributed by atoms with van der Waals surface area (Å²) in [7, 11) is -3.00. The molecule has 0 aromatic carbocycles. The Kier molecular flexibility index (Phi) is 6.40. The minimum absolute atomic E-state index is 0.115. The number of hydrogen-bond acceptors (Lipinski definition) is 3. The van der Waals surface area contributed by atoms with E-state index in [0.717, 1.165) is 19.6 Å². The van der Waals surface area contributed by atoms with E-state index < -0.39 is 10.0 Å². The zero-order valence-corrected chi connectivity index (χ0v) is 11.3. The maximum absolute atomic E-state index is 11.3. The molecule has 0 aromatic heterocycles. The second-order valence-electron chi connectivity index (χ2n) is 3.62. The van der Waals surface area contributed by atoms with Crippen molar-refractivity contribution in [3.05, 3.63) is 0 Å². The lowest BCUT2D eigenvalue weighted by Gasteiger charge is -2.37. The maximum Gasteiger partial charge on any atom is 0.211 e. The Morgan fingerprint density at radius 2 is 1.80 bits per heavy atom. The summed E-state index contributed by atoms with van der Waals surface area (Å²) in [5, 5.41) is 0. The summed E-state index contributed by atoms with van der Waals surface area (Å²) < 4.78 is 24.2. The highest BCUT2D eigenvalue weighted by Gasteiger charge is 2.28. The van der Waals surface area contributed by atoms with Crippen LogP contribution in [0.5, 0.6) is 0 Å². The fourth-order valence-corrected chi connectivity index (χ4v) is 2.93. The van der Waals surface area contributed by atoms with Crippen molar-refractivity contribution in [2.24, 2.45) is 0 Å². The van der Waals surface area contributed by atoms with Crippen molar-refractivity contribution < 1.29 is 8.42 Å². The number of sulfonamides is 1. The number of piperazine rings is 1. The van der Waals surface area contributed by atoms with Gasteiger partial charge in [0.25, 0.3) is 0 Å². The molecule has 0 aromatic rings. The largest absolute Gasteiger partial charge is 0.301 e. The summed E-state index contributed by atoms with van der Waals surface area (Å²) in [5.41, 5.74) is 0. The smallest absolute Gasteiger partial charge is 0.211 e. The molecule has 0 radical (unpaired) electrons. The van der Waals surface area contributed by atoms with Crippen LogP contribution in [0.1, 0.15) is 27.7 Å². The predicted molar refractivity (Wildman–Crippen MR) is 64.5 cm³/mol. The van der Waals surface area contributed by atoms with Crippen molar-refractivity contribution >= 4 is 10.0 Å². The van der Waals surface area contributed by atoms with E-state index in [0.29, 0.717) is 6.54 Å². The zero-order valence-electron chi connectivity index (χ0n) is 10.5. The lowest BCUT2D eigenvalue weighted by atomic mass is 10.2. The molecule has 4 nitrogen and oxygen atoms in total. The minimum atomic E-state index is -3.00. The van der Waals surface area contributed by atoms with Gasteiger partial charge in [0.1, 0.15) is 0 Å². The summed E-state index contributed by atoms with van der Waals surface area (Å²) in [5.74, 6) is 0. The molecule has 1 heterocycles. The molecule has 15 heavy (non-hydrogen) atoms. The maximum atomic E-state index is 11.3. The highest BCUT2D eigenvalue weighted by molar-refractivity contribution is 7.88. The third-order valence-electron chi connectivity index (χ3n) is 2.52. The van der Waals surface area contributed by atoms with Crippen LogP contribution in [0.3, 0.4) is 0 Å². The van der Waals surface area contributed by atoms with Crippen LogP contribution in [0.4, 0.5) is 0 Å². The van der Waals surface area contributed by atoms with E-state index in [1.807, 2.05) is 20.8 Å². The molecule has 0 aliphatic carbocycles. The van der Waals surface area contributed by atoms with Gasteiger partial charge in [0.2, 0.25) is 10.0 Å². The summed E-state index contributed by atoms with van der Waals surface area (Å²) in [6.07, 6.45) is 1.28. The summed E-state index contributed by atoms with van der Waals surface area (Å²) in [6, 6.07) is 0.115. The summed E-state index contributed by atoms with van der Waals surface area (Å²) in [6.45, 7) is 11.4. The lowest BCUT2D eigenvalue weighted by Crippen LogP contribution is -2.53. The Labute approximate surface area is 94.3 Å².